The minimum absolute atomic E-state index is 0.0126. The van der Waals surface area contributed by atoms with E-state index in [4.69, 9.17) is 9.26 Å². The van der Waals surface area contributed by atoms with Crippen LogP contribution in [0.2, 0.25) is 0 Å². The number of hydrogen-bond acceptors (Lipinski definition) is 5. The molecule has 5 nitrogen and oxygen atoms in total. The van der Waals surface area contributed by atoms with Crippen LogP contribution in [0.3, 0.4) is 0 Å². The monoisotopic (exact) mass is 521 g/mol. The van der Waals surface area contributed by atoms with E-state index in [9.17, 15) is 9.59 Å². The number of methoxy groups -OCH3 is 1. The van der Waals surface area contributed by atoms with E-state index in [2.05, 4.69) is 52.8 Å². The number of ketones is 1. The molecule has 0 aromatic carbocycles. The first-order valence-corrected chi connectivity index (χ1v) is 15.1. The molecule has 0 spiro atoms. The van der Waals surface area contributed by atoms with Crippen LogP contribution in [0, 0.1) is 44.8 Å². The summed E-state index contributed by atoms with van der Waals surface area (Å²) in [5, 5.41) is 4.17. The Balaban J connectivity index is 1.44. The van der Waals surface area contributed by atoms with Gasteiger partial charge in [0, 0.05) is 23.8 Å². The second-order valence-electron chi connectivity index (χ2n) is 15.3. The van der Waals surface area contributed by atoms with Gasteiger partial charge in [-0.2, -0.15) is 0 Å². The summed E-state index contributed by atoms with van der Waals surface area (Å²) < 4.78 is 10.8. The number of carbonyl (C=O) groups is 2. The van der Waals surface area contributed by atoms with Gasteiger partial charge in [0.25, 0.3) is 0 Å². The summed E-state index contributed by atoms with van der Waals surface area (Å²) in [6.07, 6.45) is 14.1. The van der Waals surface area contributed by atoms with Crippen molar-refractivity contribution in [3.63, 3.8) is 0 Å². The Hall–Kier alpha value is -1.91. The number of nitrogens with zero attached hydrogens (tertiary/aromatic N) is 1. The normalized spacial score (nSPS) is 45.0. The molecule has 1 heterocycles. The standard InChI is InChI=1S/C33H47NO4/c1-20-22-8-10-31(5)25(30(22,4)17-21-19-34-38-28(20)21)16-24(35)27-23-18-29(2,3)12-14-33(23,11-9-26(36)37-7)15-13-32(27,31)6/h16,19-20,22-23,27H,8-15,17-18H2,1-7H3/t20-,22-,23?,27?,30-,31+,32+,33+/m0/s1. The predicted molar refractivity (Wildman–Crippen MR) is 146 cm³/mol. The Bertz CT molecular complexity index is 1200. The zero-order valence-electron chi connectivity index (χ0n) is 24.6. The van der Waals surface area contributed by atoms with E-state index in [1.54, 1.807) is 0 Å². The summed E-state index contributed by atoms with van der Waals surface area (Å²) in [7, 11) is 1.49. The van der Waals surface area contributed by atoms with Crippen molar-refractivity contribution in [3.8, 4) is 0 Å². The third-order valence-corrected chi connectivity index (χ3v) is 13.2. The van der Waals surface area contributed by atoms with Crippen molar-refractivity contribution >= 4 is 11.8 Å². The molecule has 0 radical (unpaired) electrons. The SMILES string of the molecule is COC(=O)CC[C@]12CCC(C)(C)CC1C1C(=O)C=C3[C@@]4(C)Cc5cnoc5[C@@H](C)[C@@H]4CC[C@@]3(C)[C@]1(C)CC2. The second-order valence-corrected chi connectivity index (χ2v) is 15.3. The average Bonchev–Trinajstić information content (AvgIpc) is 3.32. The first-order valence-electron chi connectivity index (χ1n) is 15.1. The van der Waals surface area contributed by atoms with Crippen LogP contribution < -0.4 is 0 Å². The lowest BCUT2D eigenvalue weighted by atomic mass is 9.34. The zero-order valence-corrected chi connectivity index (χ0v) is 24.6. The number of carbonyl (C=O) groups excluding carboxylic acids is 2. The number of hydrogen-bond donors (Lipinski definition) is 0. The first-order chi connectivity index (χ1) is 17.8. The van der Waals surface area contributed by atoms with Crippen LogP contribution in [-0.2, 0) is 20.7 Å². The number of fused-ring (bicyclic) bond motifs is 8. The molecule has 5 heteroatoms. The van der Waals surface area contributed by atoms with Crippen molar-refractivity contribution in [1.82, 2.24) is 5.16 Å². The van der Waals surface area contributed by atoms with Crippen molar-refractivity contribution in [2.24, 2.45) is 44.8 Å². The third kappa shape index (κ3) is 3.38. The van der Waals surface area contributed by atoms with Crippen LogP contribution in [0.15, 0.2) is 22.4 Å². The van der Waals surface area contributed by atoms with Gasteiger partial charge in [0.15, 0.2) is 5.78 Å². The molecule has 3 saturated carbocycles. The molecule has 2 unspecified atom stereocenters. The number of aromatic nitrogens is 1. The van der Waals surface area contributed by atoms with E-state index in [0.717, 1.165) is 57.1 Å². The van der Waals surface area contributed by atoms with Crippen LogP contribution >= 0.6 is 0 Å². The molecule has 5 aliphatic rings. The van der Waals surface area contributed by atoms with Gasteiger partial charge in [-0.15, -0.1) is 0 Å². The highest BCUT2D eigenvalue weighted by Gasteiger charge is 2.68. The van der Waals surface area contributed by atoms with Gasteiger partial charge in [-0.1, -0.05) is 52.3 Å². The van der Waals surface area contributed by atoms with E-state index in [1.807, 2.05) is 6.20 Å². The van der Waals surface area contributed by atoms with Crippen molar-refractivity contribution in [3.05, 3.63) is 29.2 Å². The summed E-state index contributed by atoms with van der Waals surface area (Å²) in [6, 6.07) is 0. The van der Waals surface area contributed by atoms with E-state index in [-0.39, 0.29) is 39.0 Å². The molecule has 3 fully saturated rings. The van der Waals surface area contributed by atoms with Gasteiger partial charge >= 0.3 is 5.97 Å². The minimum atomic E-state index is -0.119. The Morgan fingerprint density at radius 2 is 1.82 bits per heavy atom. The largest absolute Gasteiger partial charge is 0.469 e. The molecule has 0 aliphatic heterocycles. The molecule has 0 saturated heterocycles. The maximum absolute atomic E-state index is 14.5. The maximum Gasteiger partial charge on any atom is 0.305 e. The van der Waals surface area contributed by atoms with Gasteiger partial charge in [-0.05, 0) is 103 Å². The van der Waals surface area contributed by atoms with Gasteiger partial charge in [-0.25, -0.2) is 0 Å². The molecule has 0 bridgehead atoms. The Kier molecular flexibility index (Phi) is 5.75. The van der Waals surface area contributed by atoms with Crippen LogP contribution in [0.1, 0.15) is 117 Å². The first kappa shape index (κ1) is 26.3. The quantitative estimate of drug-likeness (QED) is 0.386. The fraction of sp³-hybridized carbons (Fsp3) is 0.788. The van der Waals surface area contributed by atoms with Crippen molar-refractivity contribution in [1.29, 1.82) is 0 Å². The van der Waals surface area contributed by atoms with E-state index in [1.165, 1.54) is 24.7 Å². The number of ether oxygens (including phenoxy) is 1. The van der Waals surface area contributed by atoms with Crippen LogP contribution in [-0.4, -0.2) is 24.0 Å². The highest BCUT2D eigenvalue weighted by atomic mass is 16.5. The fourth-order valence-corrected chi connectivity index (χ4v) is 10.9. The lowest BCUT2D eigenvalue weighted by Gasteiger charge is -2.69. The topological polar surface area (TPSA) is 69.4 Å². The molecular formula is C33H47NO4. The predicted octanol–water partition coefficient (Wildman–Crippen LogP) is 7.45. The summed E-state index contributed by atoms with van der Waals surface area (Å²) >= 11 is 0. The summed E-state index contributed by atoms with van der Waals surface area (Å²) in [6.45, 7) is 14.5. The third-order valence-electron chi connectivity index (χ3n) is 13.2. The highest BCUT2D eigenvalue weighted by Crippen LogP contribution is 2.74. The van der Waals surface area contributed by atoms with Gasteiger partial charge in [0.05, 0.1) is 13.3 Å². The van der Waals surface area contributed by atoms with Gasteiger partial charge in [-0.3, -0.25) is 9.59 Å². The molecule has 0 amide bonds. The summed E-state index contributed by atoms with van der Waals surface area (Å²) in [5.74, 6) is 2.41. The van der Waals surface area contributed by atoms with Crippen molar-refractivity contribution in [2.45, 2.75) is 112 Å². The van der Waals surface area contributed by atoms with E-state index >= 15 is 0 Å². The molecule has 1 aromatic heterocycles. The molecule has 1 aromatic rings. The van der Waals surface area contributed by atoms with Crippen LogP contribution in [0.4, 0.5) is 0 Å². The number of esters is 1. The lowest BCUT2D eigenvalue weighted by Crippen LogP contribution is -2.64. The molecule has 208 valence electrons. The molecular weight excluding hydrogens is 474 g/mol. The summed E-state index contributed by atoms with van der Waals surface area (Å²) in [5.41, 5.74) is 2.76. The van der Waals surface area contributed by atoms with E-state index in [0.29, 0.717) is 30.0 Å². The van der Waals surface area contributed by atoms with Crippen LogP contribution in [0.5, 0.6) is 0 Å². The number of rotatable bonds is 3. The Morgan fingerprint density at radius 3 is 2.55 bits per heavy atom. The molecule has 8 atom stereocenters. The Morgan fingerprint density at radius 1 is 1.08 bits per heavy atom. The summed E-state index contributed by atoms with van der Waals surface area (Å²) in [4.78, 5) is 26.8. The number of allylic oxidation sites excluding steroid dienone is 2. The van der Waals surface area contributed by atoms with Gasteiger partial charge in [0.1, 0.15) is 5.76 Å². The van der Waals surface area contributed by atoms with Crippen LogP contribution in [0.25, 0.3) is 0 Å². The second kappa shape index (κ2) is 8.30. The fourth-order valence-electron chi connectivity index (χ4n) is 10.9. The maximum atomic E-state index is 14.5. The molecule has 6 rings (SSSR count). The van der Waals surface area contributed by atoms with Gasteiger partial charge < -0.3 is 9.26 Å². The van der Waals surface area contributed by atoms with Crippen molar-refractivity contribution < 1.29 is 18.8 Å². The minimum Gasteiger partial charge on any atom is -0.469 e. The van der Waals surface area contributed by atoms with Crippen molar-refractivity contribution in [2.75, 3.05) is 7.11 Å². The van der Waals surface area contributed by atoms with Gasteiger partial charge in [0.2, 0.25) is 0 Å². The molecule has 38 heavy (non-hydrogen) atoms. The smallest absolute Gasteiger partial charge is 0.305 e. The highest BCUT2D eigenvalue weighted by molar-refractivity contribution is 5.95. The molecule has 0 N–H and O–H groups in total. The Labute approximate surface area is 228 Å². The lowest BCUT2D eigenvalue weighted by molar-refractivity contribution is -0.173. The van der Waals surface area contributed by atoms with E-state index < -0.39 is 0 Å². The zero-order chi connectivity index (χ0) is 27.3. The average molecular weight is 522 g/mol. The molecule has 5 aliphatic carbocycles.